The molecule has 0 saturated carbocycles. The third kappa shape index (κ3) is 2.85. The van der Waals surface area contributed by atoms with E-state index in [2.05, 4.69) is 36.8 Å². The highest BCUT2D eigenvalue weighted by atomic mass is 79.9. The van der Waals surface area contributed by atoms with Crippen LogP contribution >= 0.6 is 31.9 Å². The molecule has 0 spiro atoms. The molecule has 0 radical (unpaired) electrons. The molecule has 0 fully saturated rings. The second-order valence-electron chi connectivity index (χ2n) is 3.28. The van der Waals surface area contributed by atoms with Crippen LogP contribution in [-0.4, -0.2) is 9.91 Å². The predicted molar refractivity (Wildman–Crippen MR) is 72.8 cm³/mol. The van der Waals surface area contributed by atoms with Gasteiger partial charge in [0, 0.05) is 24.5 Å². The summed E-state index contributed by atoms with van der Waals surface area (Å²) in [6.07, 6.45) is 3.16. The van der Waals surface area contributed by atoms with Gasteiger partial charge in [-0.2, -0.15) is 0 Å². The van der Waals surface area contributed by atoms with Crippen molar-refractivity contribution in [2.24, 2.45) is 0 Å². The molecule has 2 aromatic rings. The number of halogens is 2. The molecule has 0 atom stereocenters. The van der Waals surface area contributed by atoms with Crippen molar-refractivity contribution in [3.8, 4) is 11.5 Å². The Labute approximate surface area is 119 Å². The quantitative estimate of drug-likeness (QED) is 0.594. The first-order valence-corrected chi connectivity index (χ1v) is 6.38. The SMILES string of the molecule is O=[N+]([O-])c1ccc(Br)c(Oc2ccncc2Br)c1. The number of pyridine rings is 1. The summed E-state index contributed by atoms with van der Waals surface area (Å²) >= 11 is 6.57. The lowest BCUT2D eigenvalue weighted by atomic mass is 10.3. The highest BCUT2D eigenvalue weighted by molar-refractivity contribution is 9.11. The molecule has 1 heterocycles. The number of aromatic nitrogens is 1. The van der Waals surface area contributed by atoms with E-state index in [0.29, 0.717) is 20.4 Å². The number of hydrogen-bond donors (Lipinski definition) is 0. The summed E-state index contributed by atoms with van der Waals surface area (Å²) in [6.45, 7) is 0. The Morgan fingerprint density at radius 1 is 1.17 bits per heavy atom. The number of nitrogens with zero attached hydrogens (tertiary/aromatic N) is 2. The minimum atomic E-state index is -0.471. The molecule has 92 valence electrons. The molecular weight excluding hydrogens is 368 g/mol. The van der Waals surface area contributed by atoms with Crippen molar-refractivity contribution in [1.82, 2.24) is 4.98 Å². The van der Waals surface area contributed by atoms with Crippen LogP contribution in [0.5, 0.6) is 11.5 Å². The minimum Gasteiger partial charge on any atom is -0.455 e. The van der Waals surface area contributed by atoms with E-state index >= 15 is 0 Å². The Balaban J connectivity index is 2.37. The van der Waals surface area contributed by atoms with Crippen molar-refractivity contribution < 1.29 is 9.66 Å². The lowest BCUT2D eigenvalue weighted by molar-refractivity contribution is -0.384. The molecule has 0 aliphatic rings. The van der Waals surface area contributed by atoms with Gasteiger partial charge in [0.1, 0.15) is 11.5 Å². The van der Waals surface area contributed by atoms with Gasteiger partial charge in [-0.3, -0.25) is 15.1 Å². The third-order valence-electron chi connectivity index (χ3n) is 2.08. The summed E-state index contributed by atoms with van der Waals surface area (Å²) in [5.74, 6) is 0.905. The van der Waals surface area contributed by atoms with Gasteiger partial charge < -0.3 is 4.74 Å². The Kier molecular flexibility index (Phi) is 3.93. The van der Waals surface area contributed by atoms with Crippen molar-refractivity contribution in [3.63, 3.8) is 0 Å². The van der Waals surface area contributed by atoms with Crippen molar-refractivity contribution in [1.29, 1.82) is 0 Å². The normalized spacial score (nSPS) is 10.1. The molecule has 7 heteroatoms. The van der Waals surface area contributed by atoms with Crippen molar-refractivity contribution >= 4 is 37.5 Å². The van der Waals surface area contributed by atoms with Gasteiger partial charge >= 0.3 is 0 Å². The van der Waals surface area contributed by atoms with Crippen LogP contribution in [0.4, 0.5) is 5.69 Å². The molecule has 0 bridgehead atoms. The fourth-order valence-corrected chi connectivity index (χ4v) is 1.91. The van der Waals surface area contributed by atoms with Gasteiger partial charge in [0.25, 0.3) is 5.69 Å². The van der Waals surface area contributed by atoms with Crippen LogP contribution in [0.25, 0.3) is 0 Å². The molecular formula is C11H6Br2N2O3. The largest absolute Gasteiger partial charge is 0.455 e. The number of hydrogen-bond acceptors (Lipinski definition) is 4. The number of ether oxygens (including phenoxy) is 1. The van der Waals surface area contributed by atoms with E-state index in [4.69, 9.17) is 4.74 Å². The fourth-order valence-electron chi connectivity index (χ4n) is 1.25. The van der Waals surface area contributed by atoms with E-state index in [1.807, 2.05) is 0 Å². The first kappa shape index (κ1) is 13.0. The Morgan fingerprint density at radius 2 is 1.94 bits per heavy atom. The van der Waals surface area contributed by atoms with Gasteiger partial charge in [0.2, 0.25) is 0 Å². The zero-order valence-corrected chi connectivity index (χ0v) is 12.0. The van der Waals surface area contributed by atoms with E-state index in [9.17, 15) is 10.1 Å². The van der Waals surface area contributed by atoms with Crippen LogP contribution in [-0.2, 0) is 0 Å². The van der Waals surface area contributed by atoms with E-state index in [0.717, 1.165) is 0 Å². The molecule has 0 unspecified atom stereocenters. The zero-order valence-electron chi connectivity index (χ0n) is 8.84. The van der Waals surface area contributed by atoms with E-state index in [1.54, 1.807) is 24.5 Å². The number of non-ortho nitro benzene ring substituents is 1. The monoisotopic (exact) mass is 372 g/mol. The van der Waals surface area contributed by atoms with Gasteiger partial charge in [-0.15, -0.1) is 0 Å². The van der Waals surface area contributed by atoms with Crippen LogP contribution in [0.15, 0.2) is 45.6 Å². The van der Waals surface area contributed by atoms with Crippen molar-refractivity contribution in [3.05, 3.63) is 55.7 Å². The molecule has 0 aliphatic heterocycles. The zero-order chi connectivity index (χ0) is 13.1. The van der Waals surface area contributed by atoms with Crippen LogP contribution in [0.2, 0.25) is 0 Å². The standard InChI is InChI=1S/C11H6Br2N2O3/c12-8-2-1-7(15(16)17)5-11(8)18-10-3-4-14-6-9(10)13/h1-6H. The van der Waals surface area contributed by atoms with Gasteiger partial charge in [-0.25, -0.2) is 0 Å². The Morgan fingerprint density at radius 3 is 2.61 bits per heavy atom. The predicted octanol–water partition coefficient (Wildman–Crippen LogP) is 4.31. The third-order valence-corrected chi connectivity index (χ3v) is 3.33. The average molecular weight is 374 g/mol. The lowest BCUT2D eigenvalue weighted by Gasteiger charge is -2.08. The summed E-state index contributed by atoms with van der Waals surface area (Å²) < 4.78 is 6.90. The highest BCUT2D eigenvalue weighted by Crippen LogP contribution is 2.35. The summed E-state index contributed by atoms with van der Waals surface area (Å²) in [7, 11) is 0. The van der Waals surface area contributed by atoms with Gasteiger partial charge in [0.15, 0.2) is 0 Å². The first-order chi connectivity index (χ1) is 8.58. The fraction of sp³-hybridized carbons (Fsp3) is 0. The molecule has 5 nitrogen and oxygen atoms in total. The van der Waals surface area contributed by atoms with Crippen LogP contribution in [0.1, 0.15) is 0 Å². The molecule has 2 rings (SSSR count). The van der Waals surface area contributed by atoms with Crippen molar-refractivity contribution in [2.75, 3.05) is 0 Å². The molecule has 0 saturated heterocycles. The summed E-state index contributed by atoms with van der Waals surface area (Å²) in [6, 6.07) is 5.99. The molecule has 18 heavy (non-hydrogen) atoms. The topological polar surface area (TPSA) is 65.3 Å². The maximum absolute atomic E-state index is 10.7. The number of nitro groups is 1. The van der Waals surface area contributed by atoms with E-state index < -0.39 is 4.92 Å². The second kappa shape index (κ2) is 5.45. The van der Waals surface area contributed by atoms with Gasteiger partial charge in [-0.05, 0) is 37.9 Å². The summed E-state index contributed by atoms with van der Waals surface area (Å²) in [5.41, 5.74) is -0.0293. The van der Waals surface area contributed by atoms with Crippen molar-refractivity contribution in [2.45, 2.75) is 0 Å². The number of benzene rings is 1. The van der Waals surface area contributed by atoms with Crippen LogP contribution < -0.4 is 4.74 Å². The smallest absolute Gasteiger partial charge is 0.273 e. The minimum absolute atomic E-state index is 0.0293. The Hall–Kier alpha value is -1.47. The molecule has 0 N–H and O–H groups in total. The second-order valence-corrected chi connectivity index (χ2v) is 4.99. The van der Waals surface area contributed by atoms with Gasteiger partial charge in [-0.1, -0.05) is 0 Å². The number of nitro benzene ring substituents is 1. The average Bonchev–Trinajstić information content (AvgIpc) is 2.34. The molecule has 1 aromatic heterocycles. The van der Waals surface area contributed by atoms with Crippen LogP contribution in [0, 0.1) is 10.1 Å². The lowest BCUT2D eigenvalue weighted by Crippen LogP contribution is -1.91. The van der Waals surface area contributed by atoms with E-state index in [-0.39, 0.29) is 5.69 Å². The first-order valence-electron chi connectivity index (χ1n) is 4.79. The summed E-state index contributed by atoms with van der Waals surface area (Å²) in [4.78, 5) is 14.1. The maximum atomic E-state index is 10.7. The van der Waals surface area contributed by atoms with E-state index in [1.165, 1.54) is 12.1 Å². The van der Waals surface area contributed by atoms with Crippen LogP contribution in [0.3, 0.4) is 0 Å². The summed E-state index contributed by atoms with van der Waals surface area (Å²) in [5, 5.41) is 10.7. The highest BCUT2D eigenvalue weighted by Gasteiger charge is 2.12. The maximum Gasteiger partial charge on any atom is 0.273 e. The van der Waals surface area contributed by atoms with Gasteiger partial charge in [0.05, 0.1) is 19.9 Å². The Bertz CT molecular complexity index is 605. The number of rotatable bonds is 3. The molecule has 0 aliphatic carbocycles. The molecule has 1 aromatic carbocycles. The molecule has 0 amide bonds.